The van der Waals surface area contributed by atoms with E-state index in [4.69, 9.17) is 0 Å². The van der Waals surface area contributed by atoms with Crippen LogP contribution in [0.2, 0.25) is 0 Å². The number of hydrogen-bond donors (Lipinski definition) is 2. The van der Waals surface area contributed by atoms with Crippen molar-refractivity contribution < 1.29 is 4.92 Å². The van der Waals surface area contributed by atoms with Gasteiger partial charge in [0.25, 0.3) is 0 Å². The van der Waals surface area contributed by atoms with Gasteiger partial charge >= 0.3 is 5.69 Å². The number of anilines is 1. The topological polar surface area (TPSA) is 127 Å². The van der Waals surface area contributed by atoms with Crippen LogP contribution in [0.3, 0.4) is 0 Å². The van der Waals surface area contributed by atoms with Gasteiger partial charge < -0.3 is 5.32 Å². The van der Waals surface area contributed by atoms with E-state index >= 15 is 0 Å². The Labute approximate surface area is 95.2 Å². The predicted octanol–water partition coefficient (Wildman–Crippen LogP) is 0.0145. The maximum Gasteiger partial charge on any atom is 0.330 e. The monoisotopic (exact) mass is 238 g/mol. The van der Waals surface area contributed by atoms with Crippen molar-refractivity contribution in [1.82, 2.24) is 30.4 Å². The van der Waals surface area contributed by atoms with E-state index < -0.39 is 4.92 Å². The lowest BCUT2D eigenvalue weighted by Crippen LogP contribution is -2.10. The smallest absolute Gasteiger partial charge is 0.330 e. The van der Waals surface area contributed by atoms with Gasteiger partial charge in [0.2, 0.25) is 5.82 Å². The molecule has 2 aromatic rings. The second-order valence-electron chi connectivity index (χ2n) is 3.43. The number of nitro groups is 1. The highest BCUT2D eigenvalue weighted by Gasteiger charge is 2.21. The molecule has 0 spiro atoms. The van der Waals surface area contributed by atoms with Crippen molar-refractivity contribution in [2.45, 2.75) is 13.0 Å². The molecule has 17 heavy (non-hydrogen) atoms. The number of nitrogens with zero attached hydrogens (tertiary/aromatic N) is 6. The first-order chi connectivity index (χ1) is 8.08. The van der Waals surface area contributed by atoms with E-state index in [0.29, 0.717) is 5.82 Å². The largest absolute Gasteiger partial charge is 0.353 e. The quantitative estimate of drug-likeness (QED) is 0.567. The van der Waals surface area contributed by atoms with E-state index in [0.717, 1.165) is 0 Å². The number of tetrazole rings is 1. The zero-order valence-corrected chi connectivity index (χ0v) is 9.15. The van der Waals surface area contributed by atoms with Crippen LogP contribution in [-0.2, 0) is 7.05 Å². The van der Waals surface area contributed by atoms with Gasteiger partial charge in [-0.3, -0.25) is 14.8 Å². The first-order valence-corrected chi connectivity index (χ1v) is 4.76. The van der Waals surface area contributed by atoms with Crippen molar-refractivity contribution in [3.8, 4) is 0 Å². The van der Waals surface area contributed by atoms with Crippen molar-refractivity contribution in [3.05, 3.63) is 22.1 Å². The molecule has 2 rings (SSSR count). The van der Waals surface area contributed by atoms with E-state index in [9.17, 15) is 10.1 Å². The van der Waals surface area contributed by atoms with Crippen molar-refractivity contribution >= 4 is 11.5 Å². The third kappa shape index (κ3) is 2.19. The van der Waals surface area contributed by atoms with E-state index in [-0.39, 0.29) is 17.5 Å². The predicted molar refractivity (Wildman–Crippen MR) is 56.1 cm³/mol. The Morgan fingerprint density at radius 3 is 3.00 bits per heavy atom. The number of rotatable bonds is 4. The summed E-state index contributed by atoms with van der Waals surface area (Å²) >= 11 is 0. The molecule has 0 bridgehead atoms. The van der Waals surface area contributed by atoms with Crippen LogP contribution in [0, 0.1) is 10.1 Å². The molecule has 1 atom stereocenters. The summed E-state index contributed by atoms with van der Waals surface area (Å²) in [6.45, 7) is 1.75. The van der Waals surface area contributed by atoms with Gasteiger partial charge in [-0.15, -0.1) is 15.3 Å². The van der Waals surface area contributed by atoms with Crippen LogP contribution in [0.4, 0.5) is 11.5 Å². The third-order valence-electron chi connectivity index (χ3n) is 2.11. The number of nitrogens with one attached hydrogen (secondary N) is 2. The molecule has 0 saturated carbocycles. The minimum Gasteiger partial charge on any atom is -0.353 e. The van der Waals surface area contributed by atoms with E-state index in [1.54, 1.807) is 14.0 Å². The number of aromatic nitrogens is 6. The maximum atomic E-state index is 10.8. The average molecular weight is 238 g/mol. The highest BCUT2D eigenvalue weighted by Crippen LogP contribution is 2.24. The van der Waals surface area contributed by atoms with Gasteiger partial charge in [0, 0.05) is 7.05 Å². The molecular weight excluding hydrogens is 228 g/mol. The Hall–Kier alpha value is -2.52. The lowest BCUT2D eigenvalue weighted by Gasteiger charge is -2.07. The summed E-state index contributed by atoms with van der Waals surface area (Å²) in [4.78, 5) is 10.3. The Morgan fingerprint density at radius 2 is 2.41 bits per heavy atom. The Bertz CT molecular complexity index is 518. The molecule has 0 aliphatic heterocycles. The molecule has 10 heteroatoms. The minimum absolute atomic E-state index is 0.0946. The fourth-order valence-corrected chi connectivity index (χ4v) is 1.33. The van der Waals surface area contributed by atoms with E-state index in [2.05, 4.69) is 31.0 Å². The molecule has 1 unspecified atom stereocenters. The number of H-pyrrole nitrogens is 1. The Kier molecular flexibility index (Phi) is 2.68. The van der Waals surface area contributed by atoms with Crippen molar-refractivity contribution in [2.75, 3.05) is 5.32 Å². The second kappa shape index (κ2) is 4.15. The summed E-state index contributed by atoms with van der Waals surface area (Å²) in [5.74, 6) is 0.583. The van der Waals surface area contributed by atoms with Crippen LogP contribution in [0.1, 0.15) is 18.8 Å². The van der Waals surface area contributed by atoms with Crippen molar-refractivity contribution in [2.24, 2.45) is 7.05 Å². The first-order valence-electron chi connectivity index (χ1n) is 4.76. The summed E-state index contributed by atoms with van der Waals surface area (Å²) in [5.41, 5.74) is -0.0946. The molecule has 0 aromatic carbocycles. The molecule has 10 nitrogen and oxygen atoms in total. The summed E-state index contributed by atoms with van der Waals surface area (Å²) in [6, 6.07) is -0.331. The summed E-state index contributed by atoms with van der Waals surface area (Å²) in [5, 5.41) is 30.9. The first kappa shape index (κ1) is 11.0. The van der Waals surface area contributed by atoms with Gasteiger partial charge in [0.15, 0.2) is 5.82 Å². The fraction of sp³-hybridized carbons (Fsp3) is 0.429. The van der Waals surface area contributed by atoms with Crippen LogP contribution in [-0.4, -0.2) is 35.3 Å². The molecular formula is C7H10N8O2. The molecule has 0 aliphatic rings. The molecule has 2 aromatic heterocycles. The highest BCUT2D eigenvalue weighted by atomic mass is 16.6. The van der Waals surface area contributed by atoms with Crippen LogP contribution in [0.5, 0.6) is 0 Å². The summed E-state index contributed by atoms with van der Waals surface area (Å²) in [7, 11) is 1.61. The lowest BCUT2D eigenvalue weighted by molar-refractivity contribution is -0.384. The molecule has 0 aliphatic carbocycles. The fourth-order valence-electron chi connectivity index (χ4n) is 1.33. The van der Waals surface area contributed by atoms with Crippen molar-refractivity contribution in [1.29, 1.82) is 0 Å². The number of aromatic amines is 1. The lowest BCUT2D eigenvalue weighted by atomic mass is 10.3. The van der Waals surface area contributed by atoms with Crippen LogP contribution >= 0.6 is 0 Å². The molecule has 0 fully saturated rings. The van der Waals surface area contributed by atoms with Crippen LogP contribution in [0.25, 0.3) is 0 Å². The molecule has 0 saturated heterocycles. The van der Waals surface area contributed by atoms with E-state index in [1.807, 2.05) is 0 Å². The second-order valence-corrected chi connectivity index (χ2v) is 3.43. The van der Waals surface area contributed by atoms with Gasteiger partial charge in [0.1, 0.15) is 6.20 Å². The molecule has 90 valence electrons. The summed E-state index contributed by atoms with van der Waals surface area (Å²) in [6.07, 6.45) is 1.32. The highest BCUT2D eigenvalue weighted by molar-refractivity contribution is 5.55. The van der Waals surface area contributed by atoms with Gasteiger partial charge in [0.05, 0.1) is 11.0 Å². The number of hydrogen-bond acceptors (Lipinski definition) is 7. The zero-order chi connectivity index (χ0) is 12.4. The van der Waals surface area contributed by atoms with Crippen LogP contribution in [0.15, 0.2) is 6.20 Å². The van der Waals surface area contributed by atoms with Gasteiger partial charge in [-0.25, -0.2) is 0 Å². The Morgan fingerprint density at radius 1 is 1.65 bits per heavy atom. The molecule has 2 N–H and O–H groups in total. The zero-order valence-electron chi connectivity index (χ0n) is 9.15. The normalized spacial score (nSPS) is 12.4. The maximum absolute atomic E-state index is 10.8. The molecule has 0 amide bonds. The molecule has 2 heterocycles. The van der Waals surface area contributed by atoms with Gasteiger partial charge in [-0.1, -0.05) is 5.21 Å². The summed E-state index contributed by atoms with van der Waals surface area (Å²) < 4.78 is 1.36. The SMILES string of the molecule is CC(Nc1nn(C)cc1[N+](=O)[O-])c1nn[nH]n1. The van der Waals surface area contributed by atoms with E-state index in [1.165, 1.54) is 10.9 Å². The Balaban J connectivity index is 2.21. The van der Waals surface area contributed by atoms with Gasteiger partial charge in [-0.05, 0) is 6.92 Å². The molecule has 0 radical (unpaired) electrons. The van der Waals surface area contributed by atoms with Crippen molar-refractivity contribution in [3.63, 3.8) is 0 Å². The van der Waals surface area contributed by atoms with Crippen LogP contribution < -0.4 is 5.32 Å². The third-order valence-corrected chi connectivity index (χ3v) is 2.11. The van der Waals surface area contributed by atoms with Gasteiger partial charge in [-0.2, -0.15) is 5.21 Å². The number of aryl methyl sites for hydroxylation is 1. The average Bonchev–Trinajstić information content (AvgIpc) is 2.86. The minimum atomic E-state index is -0.502. The standard InChI is InChI=1S/C7H10N8O2/c1-4(6-9-12-13-10-6)8-7-5(15(16)17)3-14(2)11-7/h3-4H,1-2H3,(H,8,11)(H,9,10,12,13).